The molecule has 4 bridgehead atoms. The van der Waals surface area contributed by atoms with Gasteiger partial charge in [-0.3, -0.25) is 0 Å². The lowest BCUT2D eigenvalue weighted by molar-refractivity contribution is -0.211. The Morgan fingerprint density at radius 3 is 2.58 bits per heavy atom. The third-order valence-corrected chi connectivity index (χ3v) is 10.7. The van der Waals surface area contributed by atoms with Crippen molar-refractivity contribution in [3.05, 3.63) is 23.3 Å². The predicted molar refractivity (Wildman–Crippen MR) is 119 cm³/mol. The fourth-order valence-electron chi connectivity index (χ4n) is 8.82. The average molecular weight is 428 g/mol. The topological polar surface area (TPSA) is 51.2 Å². The van der Waals surface area contributed by atoms with E-state index in [0.29, 0.717) is 6.04 Å². The SMILES string of the molecule is COc1ccc2c3c1O[C@@H]1C34CCN(C)C(C2)[C@@]42C[C@H](C(C)(O)C(C)(C)C)[C@]1(OC)C2. The van der Waals surface area contributed by atoms with Gasteiger partial charge in [0.2, 0.25) is 0 Å². The van der Waals surface area contributed by atoms with Crippen LogP contribution < -0.4 is 9.47 Å². The molecule has 1 saturated heterocycles. The first-order valence-electron chi connectivity index (χ1n) is 11.8. The third-order valence-electron chi connectivity index (χ3n) is 10.7. The van der Waals surface area contributed by atoms with E-state index in [1.165, 1.54) is 11.1 Å². The summed E-state index contributed by atoms with van der Waals surface area (Å²) in [5.74, 6) is 1.79. The highest BCUT2D eigenvalue weighted by atomic mass is 16.6. The molecule has 0 aromatic heterocycles. The summed E-state index contributed by atoms with van der Waals surface area (Å²) < 4.78 is 19.3. The zero-order valence-electron chi connectivity index (χ0n) is 20.0. The van der Waals surface area contributed by atoms with Gasteiger partial charge in [-0.15, -0.1) is 0 Å². The molecule has 2 spiro atoms. The predicted octanol–water partition coefficient (Wildman–Crippen LogP) is 3.55. The largest absolute Gasteiger partial charge is 0.493 e. The summed E-state index contributed by atoms with van der Waals surface area (Å²) in [7, 11) is 5.86. The summed E-state index contributed by atoms with van der Waals surface area (Å²) in [5.41, 5.74) is 1.16. The highest BCUT2D eigenvalue weighted by molar-refractivity contribution is 5.64. The Kier molecular flexibility index (Phi) is 3.67. The Balaban J connectivity index is 1.64. The molecule has 3 aliphatic carbocycles. The number of ether oxygens (including phenoxy) is 3. The third kappa shape index (κ3) is 1.90. The summed E-state index contributed by atoms with van der Waals surface area (Å²) in [4.78, 5) is 2.58. The summed E-state index contributed by atoms with van der Waals surface area (Å²) in [6, 6.07) is 4.78. The lowest BCUT2D eigenvalue weighted by Gasteiger charge is -2.63. The van der Waals surface area contributed by atoms with E-state index in [0.717, 1.165) is 43.7 Å². The van der Waals surface area contributed by atoms with Gasteiger partial charge in [0.25, 0.3) is 0 Å². The van der Waals surface area contributed by atoms with Gasteiger partial charge in [-0.2, -0.15) is 0 Å². The molecule has 1 aromatic carbocycles. The minimum atomic E-state index is -0.872. The Morgan fingerprint density at radius 2 is 1.94 bits per heavy atom. The first-order chi connectivity index (χ1) is 14.5. The Labute approximate surface area is 186 Å². The summed E-state index contributed by atoms with van der Waals surface area (Å²) in [6.07, 6.45) is 3.97. The first-order valence-corrected chi connectivity index (χ1v) is 11.8. The molecule has 5 nitrogen and oxygen atoms in total. The lowest BCUT2D eigenvalue weighted by Crippen LogP contribution is -2.71. The Morgan fingerprint density at radius 1 is 1.19 bits per heavy atom. The number of methoxy groups -OCH3 is 2. The van der Waals surface area contributed by atoms with Gasteiger partial charge in [-0.25, -0.2) is 0 Å². The van der Waals surface area contributed by atoms with Crippen LogP contribution in [0.5, 0.6) is 11.5 Å². The molecule has 5 aliphatic rings. The normalized spacial score (nSPS) is 44.1. The van der Waals surface area contributed by atoms with Crippen molar-refractivity contribution in [1.82, 2.24) is 4.90 Å². The molecule has 0 radical (unpaired) electrons. The molecule has 1 N–H and O–H groups in total. The monoisotopic (exact) mass is 427 g/mol. The van der Waals surface area contributed by atoms with E-state index in [4.69, 9.17) is 14.2 Å². The molecule has 2 heterocycles. The van der Waals surface area contributed by atoms with E-state index >= 15 is 0 Å². The minimum Gasteiger partial charge on any atom is -0.493 e. The Bertz CT molecular complexity index is 967. The number of nitrogens with zero attached hydrogens (tertiary/aromatic N) is 1. The number of piperidine rings is 1. The number of rotatable bonds is 3. The molecule has 1 aromatic rings. The van der Waals surface area contributed by atoms with Gasteiger partial charge >= 0.3 is 0 Å². The number of likely N-dealkylation sites (N-methyl/N-ethyl adjacent to an activating group) is 1. The van der Waals surface area contributed by atoms with Gasteiger partial charge in [0.05, 0.1) is 12.7 Å². The van der Waals surface area contributed by atoms with Gasteiger partial charge in [-0.05, 0) is 63.2 Å². The molecule has 0 amide bonds. The molecule has 3 fully saturated rings. The van der Waals surface area contributed by atoms with Crippen molar-refractivity contribution in [3.63, 3.8) is 0 Å². The number of fused-ring (bicyclic) bond motifs is 2. The Hall–Kier alpha value is -1.30. The van der Waals surface area contributed by atoms with Crippen molar-refractivity contribution >= 4 is 0 Å². The van der Waals surface area contributed by atoms with Crippen molar-refractivity contribution in [3.8, 4) is 11.5 Å². The first kappa shape index (κ1) is 20.3. The van der Waals surface area contributed by atoms with E-state index < -0.39 is 11.2 Å². The van der Waals surface area contributed by atoms with Crippen molar-refractivity contribution in [1.29, 1.82) is 0 Å². The number of hydrogen-bond donors (Lipinski definition) is 1. The van der Waals surface area contributed by atoms with Crippen LogP contribution >= 0.6 is 0 Å². The molecule has 2 saturated carbocycles. The molecule has 2 aliphatic heterocycles. The van der Waals surface area contributed by atoms with Crippen LogP contribution in [0.1, 0.15) is 58.1 Å². The van der Waals surface area contributed by atoms with Gasteiger partial charge in [-0.1, -0.05) is 26.8 Å². The second kappa shape index (κ2) is 5.60. The van der Waals surface area contributed by atoms with Crippen LogP contribution in [0, 0.1) is 16.7 Å². The fraction of sp³-hybridized carbons (Fsp3) is 0.769. The average Bonchev–Trinajstić information content (AvgIpc) is 3.32. The zero-order valence-corrected chi connectivity index (χ0v) is 20.0. The van der Waals surface area contributed by atoms with Gasteiger partial charge < -0.3 is 24.2 Å². The van der Waals surface area contributed by atoms with Gasteiger partial charge in [0.1, 0.15) is 11.7 Å². The molecule has 5 heteroatoms. The molecule has 6 rings (SSSR count). The smallest absolute Gasteiger partial charge is 0.165 e. The molecule has 31 heavy (non-hydrogen) atoms. The van der Waals surface area contributed by atoms with Crippen molar-refractivity contribution in [2.75, 3.05) is 27.8 Å². The summed E-state index contributed by atoms with van der Waals surface area (Å²) >= 11 is 0. The van der Waals surface area contributed by atoms with E-state index in [2.05, 4.69) is 44.9 Å². The molecular weight excluding hydrogens is 390 g/mol. The minimum absolute atomic E-state index is 0.0129. The lowest BCUT2D eigenvalue weighted by atomic mass is 9.46. The van der Waals surface area contributed by atoms with E-state index in [1.54, 1.807) is 7.11 Å². The van der Waals surface area contributed by atoms with Crippen LogP contribution in [-0.4, -0.2) is 61.2 Å². The van der Waals surface area contributed by atoms with Crippen LogP contribution in [0.4, 0.5) is 0 Å². The maximum atomic E-state index is 12.0. The maximum Gasteiger partial charge on any atom is 0.165 e. The second-order valence-corrected chi connectivity index (χ2v) is 12.2. The van der Waals surface area contributed by atoms with Gasteiger partial charge in [0, 0.05) is 35.5 Å². The van der Waals surface area contributed by atoms with E-state index in [1.807, 2.05) is 14.0 Å². The van der Waals surface area contributed by atoms with Crippen LogP contribution in [0.3, 0.4) is 0 Å². The highest BCUT2D eigenvalue weighted by Gasteiger charge is 2.86. The van der Waals surface area contributed by atoms with Crippen molar-refractivity contribution < 1.29 is 19.3 Å². The van der Waals surface area contributed by atoms with Crippen molar-refractivity contribution in [2.45, 2.75) is 82.1 Å². The van der Waals surface area contributed by atoms with Crippen LogP contribution in [0.15, 0.2) is 12.1 Å². The molecule has 170 valence electrons. The maximum absolute atomic E-state index is 12.0. The highest BCUT2D eigenvalue weighted by Crippen LogP contribution is 2.81. The second-order valence-electron chi connectivity index (χ2n) is 12.2. The van der Waals surface area contributed by atoms with E-state index in [9.17, 15) is 5.11 Å². The fourth-order valence-corrected chi connectivity index (χ4v) is 8.82. The standard InChI is InChI=1S/C26H37NO4/c1-22(2,3)23(4,28)17-13-24-14-26(17,30-7)21-25(24)10-11-27(5)18(24)12-15-8-9-16(29-6)20(31-21)19(15)25/h8-9,17-18,21,28H,10-14H2,1-7H3/t17-,18?,21-,23?,24+,25?,26-/m1/s1. The van der Waals surface area contributed by atoms with Crippen LogP contribution in [-0.2, 0) is 16.6 Å². The molecule has 7 atom stereocenters. The number of benzene rings is 1. The molecular formula is C26H37NO4. The summed E-state index contributed by atoms with van der Waals surface area (Å²) in [5, 5.41) is 12.0. The zero-order chi connectivity index (χ0) is 22.2. The van der Waals surface area contributed by atoms with Gasteiger partial charge in [0.15, 0.2) is 11.5 Å². The van der Waals surface area contributed by atoms with Crippen LogP contribution in [0.2, 0.25) is 0 Å². The number of hydrogen-bond acceptors (Lipinski definition) is 5. The van der Waals surface area contributed by atoms with Crippen LogP contribution in [0.25, 0.3) is 0 Å². The van der Waals surface area contributed by atoms with Crippen molar-refractivity contribution in [2.24, 2.45) is 16.7 Å². The van der Waals surface area contributed by atoms with E-state index in [-0.39, 0.29) is 28.3 Å². The summed E-state index contributed by atoms with van der Waals surface area (Å²) in [6.45, 7) is 9.54. The quantitative estimate of drug-likeness (QED) is 0.800. The number of likely N-dealkylation sites (tertiary alicyclic amines) is 1. The molecule has 3 unspecified atom stereocenters. The number of aliphatic hydroxyl groups is 1.